The van der Waals surface area contributed by atoms with E-state index < -0.39 is 0 Å². The van der Waals surface area contributed by atoms with Crippen LogP contribution in [0, 0.1) is 11.6 Å². The van der Waals surface area contributed by atoms with Gasteiger partial charge in [0.2, 0.25) is 0 Å². The maximum absolute atomic E-state index is 13.3. The molecule has 0 aliphatic carbocycles. The predicted molar refractivity (Wildman–Crippen MR) is 75.5 cm³/mol. The lowest BCUT2D eigenvalue weighted by molar-refractivity contribution is 0.615. The minimum atomic E-state index is -0.353. The topological polar surface area (TPSA) is 28.2 Å². The van der Waals surface area contributed by atoms with Crippen LogP contribution in [0.4, 0.5) is 14.6 Å². The van der Waals surface area contributed by atoms with E-state index in [1.807, 2.05) is 11.9 Å². The first-order valence-corrected chi connectivity index (χ1v) is 6.34. The summed E-state index contributed by atoms with van der Waals surface area (Å²) in [5, 5.41) is 2.99. The summed E-state index contributed by atoms with van der Waals surface area (Å²) in [4.78, 5) is 6.06. The Hall–Kier alpha value is -2.01. The first-order chi connectivity index (χ1) is 9.60. The van der Waals surface area contributed by atoms with Gasteiger partial charge in [-0.1, -0.05) is 12.1 Å². The SMILES string of the molecule is CNCc1cc(F)cnc1N(C)Cc1ccc(F)cc1. The molecule has 0 spiro atoms. The van der Waals surface area contributed by atoms with Crippen LogP contribution in [0.1, 0.15) is 11.1 Å². The van der Waals surface area contributed by atoms with E-state index in [1.165, 1.54) is 24.4 Å². The molecule has 0 aliphatic rings. The Labute approximate surface area is 117 Å². The Bertz CT molecular complexity index is 570. The molecule has 5 heteroatoms. The number of anilines is 1. The fourth-order valence-electron chi connectivity index (χ4n) is 2.08. The van der Waals surface area contributed by atoms with Gasteiger partial charge in [-0.05, 0) is 30.8 Å². The molecule has 0 saturated carbocycles. The summed E-state index contributed by atoms with van der Waals surface area (Å²) in [5.41, 5.74) is 1.76. The van der Waals surface area contributed by atoms with Gasteiger partial charge in [-0.25, -0.2) is 13.8 Å². The number of rotatable bonds is 5. The molecule has 0 fully saturated rings. The Morgan fingerprint density at radius 3 is 2.50 bits per heavy atom. The second-order valence-electron chi connectivity index (χ2n) is 4.65. The summed E-state index contributed by atoms with van der Waals surface area (Å²) in [6, 6.07) is 7.78. The molecule has 0 saturated heterocycles. The van der Waals surface area contributed by atoms with E-state index in [0.717, 1.165) is 11.1 Å². The van der Waals surface area contributed by atoms with Gasteiger partial charge in [0.05, 0.1) is 6.20 Å². The lowest BCUT2D eigenvalue weighted by atomic mass is 10.2. The first kappa shape index (κ1) is 14.4. The number of hydrogen-bond donors (Lipinski definition) is 1. The fourth-order valence-corrected chi connectivity index (χ4v) is 2.08. The molecule has 1 aromatic carbocycles. The molecule has 3 nitrogen and oxygen atoms in total. The number of pyridine rings is 1. The normalized spacial score (nSPS) is 10.6. The molecule has 2 aromatic rings. The number of aromatic nitrogens is 1. The summed E-state index contributed by atoms with van der Waals surface area (Å²) < 4.78 is 26.1. The van der Waals surface area contributed by atoms with Crippen LogP contribution in [0.5, 0.6) is 0 Å². The van der Waals surface area contributed by atoms with Crippen LogP contribution >= 0.6 is 0 Å². The van der Waals surface area contributed by atoms with Crippen molar-refractivity contribution in [3.63, 3.8) is 0 Å². The average molecular weight is 277 g/mol. The van der Waals surface area contributed by atoms with E-state index in [9.17, 15) is 8.78 Å². The van der Waals surface area contributed by atoms with Crippen LogP contribution in [0.25, 0.3) is 0 Å². The van der Waals surface area contributed by atoms with E-state index in [0.29, 0.717) is 18.9 Å². The second kappa shape index (κ2) is 6.43. The monoisotopic (exact) mass is 277 g/mol. The number of hydrogen-bond acceptors (Lipinski definition) is 3. The minimum absolute atomic E-state index is 0.257. The molecule has 1 aromatic heterocycles. The quantitative estimate of drug-likeness (QED) is 0.911. The second-order valence-corrected chi connectivity index (χ2v) is 4.65. The van der Waals surface area contributed by atoms with Crippen molar-refractivity contribution in [1.82, 2.24) is 10.3 Å². The Balaban J connectivity index is 2.19. The minimum Gasteiger partial charge on any atom is -0.355 e. The van der Waals surface area contributed by atoms with E-state index in [4.69, 9.17) is 0 Å². The van der Waals surface area contributed by atoms with Gasteiger partial charge < -0.3 is 10.2 Å². The van der Waals surface area contributed by atoms with Crippen LogP contribution in [0.15, 0.2) is 36.5 Å². The number of halogens is 2. The van der Waals surface area contributed by atoms with Crippen LogP contribution in [-0.4, -0.2) is 19.1 Å². The smallest absolute Gasteiger partial charge is 0.141 e. The van der Waals surface area contributed by atoms with E-state index in [1.54, 1.807) is 19.2 Å². The molecule has 0 aliphatic heterocycles. The molecule has 0 unspecified atom stereocenters. The molecule has 2 rings (SSSR count). The van der Waals surface area contributed by atoms with E-state index in [2.05, 4.69) is 10.3 Å². The van der Waals surface area contributed by atoms with E-state index in [-0.39, 0.29) is 11.6 Å². The molecule has 0 radical (unpaired) electrons. The highest BCUT2D eigenvalue weighted by molar-refractivity contribution is 5.46. The van der Waals surface area contributed by atoms with E-state index >= 15 is 0 Å². The third kappa shape index (κ3) is 3.51. The van der Waals surface area contributed by atoms with Crippen LogP contribution in [0.2, 0.25) is 0 Å². The standard InChI is InChI=1S/C15H17F2N3/c1-18-8-12-7-14(17)9-19-15(12)20(2)10-11-3-5-13(16)6-4-11/h3-7,9,18H,8,10H2,1-2H3. The van der Waals surface area contributed by atoms with Gasteiger partial charge in [0.1, 0.15) is 17.5 Å². The highest BCUT2D eigenvalue weighted by Crippen LogP contribution is 2.19. The molecule has 1 heterocycles. The number of nitrogens with one attached hydrogen (secondary N) is 1. The van der Waals surface area contributed by atoms with Gasteiger partial charge in [0, 0.05) is 25.7 Å². The van der Waals surface area contributed by atoms with Gasteiger partial charge in [0.15, 0.2) is 0 Å². The zero-order chi connectivity index (χ0) is 14.5. The molecular weight excluding hydrogens is 260 g/mol. The molecule has 0 bridgehead atoms. The number of benzene rings is 1. The molecular formula is C15H17F2N3. The summed E-state index contributed by atoms with van der Waals surface area (Å²) in [6.45, 7) is 1.11. The predicted octanol–water partition coefficient (Wildman–Crippen LogP) is 2.72. The van der Waals surface area contributed by atoms with Crippen molar-refractivity contribution in [2.24, 2.45) is 0 Å². The molecule has 1 N–H and O–H groups in total. The molecule has 20 heavy (non-hydrogen) atoms. The summed E-state index contributed by atoms with van der Waals surface area (Å²) >= 11 is 0. The number of nitrogens with zero attached hydrogens (tertiary/aromatic N) is 2. The van der Waals surface area contributed by atoms with Gasteiger partial charge in [-0.2, -0.15) is 0 Å². The maximum Gasteiger partial charge on any atom is 0.141 e. The van der Waals surface area contributed by atoms with Crippen molar-refractivity contribution in [2.75, 3.05) is 19.0 Å². The summed E-state index contributed by atoms with van der Waals surface area (Å²) in [5.74, 6) is 0.103. The summed E-state index contributed by atoms with van der Waals surface area (Å²) in [6.07, 6.45) is 1.20. The Morgan fingerprint density at radius 2 is 1.85 bits per heavy atom. The van der Waals surface area contributed by atoms with Crippen molar-refractivity contribution >= 4 is 5.82 Å². The highest BCUT2D eigenvalue weighted by atomic mass is 19.1. The van der Waals surface area contributed by atoms with Crippen molar-refractivity contribution in [1.29, 1.82) is 0 Å². The van der Waals surface area contributed by atoms with Gasteiger partial charge in [-0.15, -0.1) is 0 Å². The lowest BCUT2D eigenvalue weighted by Crippen LogP contribution is -2.21. The Kier molecular flexibility index (Phi) is 4.63. The fraction of sp³-hybridized carbons (Fsp3) is 0.267. The van der Waals surface area contributed by atoms with Gasteiger partial charge in [0.25, 0.3) is 0 Å². The van der Waals surface area contributed by atoms with Crippen LogP contribution in [0.3, 0.4) is 0 Å². The van der Waals surface area contributed by atoms with Gasteiger partial charge >= 0.3 is 0 Å². The molecule has 0 amide bonds. The van der Waals surface area contributed by atoms with Crippen LogP contribution < -0.4 is 10.2 Å². The van der Waals surface area contributed by atoms with Crippen molar-refractivity contribution in [2.45, 2.75) is 13.1 Å². The first-order valence-electron chi connectivity index (χ1n) is 6.34. The largest absolute Gasteiger partial charge is 0.355 e. The average Bonchev–Trinajstić information content (AvgIpc) is 2.42. The maximum atomic E-state index is 13.3. The lowest BCUT2D eigenvalue weighted by Gasteiger charge is -2.21. The molecule has 0 atom stereocenters. The van der Waals surface area contributed by atoms with Crippen molar-refractivity contribution in [3.8, 4) is 0 Å². The highest BCUT2D eigenvalue weighted by Gasteiger charge is 2.10. The zero-order valence-electron chi connectivity index (χ0n) is 11.5. The zero-order valence-corrected chi connectivity index (χ0v) is 11.5. The molecule has 106 valence electrons. The third-order valence-electron chi connectivity index (χ3n) is 2.97. The third-order valence-corrected chi connectivity index (χ3v) is 2.97. The van der Waals surface area contributed by atoms with Crippen molar-refractivity contribution in [3.05, 3.63) is 59.3 Å². The Morgan fingerprint density at radius 1 is 1.15 bits per heavy atom. The van der Waals surface area contributed by atoms with Crippen molar-refractivity contribution < 1.29 is 8.78 Å². The van der Waals surface area contributed by atoms with Crippen LogP contribution in [-0.2, 0) is 13.1 Å². The summed E-state index contributed by atoms with van der Waals surface area (Å²) in [7, 11) is 3.68. The van der Waals surface area contributed by atoms with Gasteiger partial charge in [-0.3, -0.25) is 0 Å².